The molecule has 1 saturated heterocycles. The molecule has 1 N–H and O–H groups in total. The summed E-state index contributed by atoms with van der Waals surface area (Å²) in [6, 6.07) is 11.6. The van der Waals surface area contributed by atoms with Crippen molar-refractivity contribution in [2.75, 3.05) is 13.1 Å². The highest BCUT2D eigenvalue weighted by molar-refractivity contribution is 6.27. The van der Waals surface area contributed by atoms with E-state index >= 15 is 0 Å². The molecule has 0 aromatic heterocycles. The van der Waals surface area contributed by atoms with Crippen molar-refractivity contribution in [2.45, 2.75) is 5.92 Å². The van der Waals surface area contributed by atoms with E-state index in [0.717, 1.165) is 0 Å². The molecule has 1 aliphatic carbocycles. The number of hydrogen-bond donors (Lipinski definition) is 1. The summed E-state index contributed by atoms with van der Waals surface area (Å²) in [5.41, 5.74) is 0.480. The second-order valence-electron chi connectivity index (χ2n) is 7.32. The molecule has 1 unspecified atom stereocenters. The van der Waals surface area contributed by atoms with Crippen molar-refractivity contribution >= 4 is 17.3 Å². The number of Topliss-reactive ketones (excluding diaryl/α,β-unsaturated/α-hetero) is 2. The Morgan fingerprint density at radius 1 is 0.903 bits per heavy atom. The third kappa shape index (κ3) is 2.58. The topological polar surface area (TPSA) is 136 Å². The van der Waals surface area contributed by atoms with Crippen LogP contribution in [0.25, 0.3) is 0 Å². The molecule has 0 saturated carbocycles. The van der Waals surface area contributed by atoms with Crippen molar-refractivity contribution in [3.8, 4) is 0 Å². The Morgan fingerprint density at radius 2 is 1.55 bits per heavy atom. The van der Waals surface area contributed by atoms with Crippen LogP contribution < -0.4 is 5.32 Å². The monoisotopic (exact) mass is 418 g/mol. The molecule has 2 aliphatic heterocycles. The molecule has 10 heteroatoms. The van der Waals surface area contributed by atoms with Crippen molar-refractivity contribution in [2.24, 2.45) is 0 Å². The van der Waals surface area contributed by atoms with E-state index in [1.165, 1.54) is 35.2 Å². The zero-order chi connectivity index (χ0) is 21.9. The van der Waals surface area contributed by atoms with Gasteiger partial charge in [-0.25, -0.2) is 0 Å². The zero-order valence-corrected chi connectivity index (χ0v) is 15.9. The Labute approximate surface area is 174 Å². The summed E-state index contributed by atoms with van der Waals surface area (Å²) in [5.74, 6) is -1.81. The van der Waals surface area contributed by atoms with Crippen molar-refractivity contribution in [3.05, 3.63) is 108 Å². The summed E-state index contributed by atoms with van der Waals surface area (Å²) < 4.78 is 0. The van der Waals surface area contributed by atoms with Gasteiger partial charge in [-0.1, -0.05) is 36.4 Å². The van der Waals surface area contributed by atoms with Crippen LogP contribution in [0, 0.1) is 20.2 Å². The van der Waals surface area contributed by atoms with Crippen LogP contribution >= 0.6 is 0 Å². The van der Waals surface area contributed by atoms with Crippen molar-refractivity contribution in [1.82, 2.24) is 10.2 Å². The normalized spacial score (nSPS) is 19.6. The second-order valence-corrected chi connectivity index (χ2v) is 7.32. The molecule has 2 heterocycles. The number of ketones is 2. The zero-order valence-electron chi connectivity index (χ0n) is 15.9. The fourth-order valence-corrected chi connectivity index (χ4v) is 4.44. The van der Waals surface area contributed by atoms with Crippen LogP contribution in [0.5, 0.6) is 0 Å². The highest BCUT2D eigenvalue weighted by Gasteiger charge is 2.51. The maximum absolute atomic E-state index is 13.5. The average molecular weight is 418 g/mol. The molecule has 2 aromatic rings. The van der Waals surface area contributed by atoms with Crippen LogP contribution in [0.4, 0.5) is 5.69 Å². The molecule has 154 valence electrons. The minimum Gasteiger partial charge on any atom is -0.364 e. The Balaban J connectivity index is 1.78. The van der Waals surface area contributed by atoms with E-state index in [0.29, 0.717) is 18.7 Å². The number of hydrogen-bond acceptors (Lipinski definition) is 8. The molecular weight excluding hydrogens is 404 g/mol. The van der Waals surface area contributed by atoms with Gasteiger partial charge in [0.1, 0.15) is 5.92 Å². The van der Waals surface area contributed by atoms with E-state index in [2.05, 4.69) is 5.32 Å². The lowest BCUT2D eigenvalue weighted by Crippen LogP contribution is -2.40. The lowest BCUT2D eigenvalue weighted by atomic mass is 9.75. The maximum Gasteiger partial charge on any atom is 0.298 e. The Bertz CT molecular complexity index is 1260. The summed E-state index contributed by atoms with van der Waals surface area (Å²) in [5, 5.41) is 26.1. The van der Waals surface area contributed by atoms with E-state index in [9.17, 15) is 29.8 Å². The average Bonchev–Trinajstić information content (AvgIpc) is 3.25. The number of fused-ring (bicyclic) bond motifs is 3. The number of allylic oxidation sites excluding steroid dienone is 2. The Morgan fingerprint density at radius 3 is 2.16 bits per heavy atom. The van der Waals surface area contributed by atoms with Crippen LogP contribution in [-0.2, 0) is 0 Å². The third-order valence-electron chi connectivity index (χ3n) is 5.74. The predicted octanol–water partition coefficient (Wildman–Crippen LogP) is 2.38. The standard InChI is InChI=1S/C21H14N4O6/c26-19-13-3-1-2-4-14(13)20(27)17-16(19)15(11-5-7-12(8-6-11)24(28)29)18(25(30)31)21-22-9-10-23(17)21/h1-8,15,22H,9-10H2. The van der Waals surface area contributed by atoms with Gasteiger partial charge in [-0.05, 0) is 5.56 Å². The minimum atomic E-state index is -1.15. The van der Waals surface area contributed by atoms with Gasteiger partial charge in [-0.15, -0.1) is 0 Å². The lowest BCUT2D eigenvalue weighted by molar-refractivity contribution is -0.431. The lowest BCUT2D eigenvalue weighted by Gasteiger charge is -2.35. The van der Waals surface area contributed by atoms with Crippen LogP contribution in [0.15, 0.2) is 71.3 Å². The summed E-state index contributed by atoms with van der Waals surface area (Å²) in [7, 11) is 0. The first kappa shape index (κ1) is 18.7. The van der Waals surface area contributed by atoms with E-state index in [4.69, 9.17) is 0 Å². The number of benzene rings is 2. The Hall–Kier alpha value is -4.34. The Kier molecular flexibility index (Phi) is 3.97. The highest BCUT2D eigenvalue weighted by Crippen LogP contribution is 2.46. The minimum absolute atomic E-state index is 0.0247. The predicted molar refractivity (Wildman–Crippen MR) is 107 cm³/mol. The second kappa shape index (κ2) is 6.59. The van der Waals surface area contributed by atoms with E-state index < -0.39 is 21.5 Å². The molecule has 31 heavy (non-hydrogen) atoms. The summed E-state index contributed by atoms with van der Waals surface area (Å²) >= 11 is 0. The molecule has 10 nitrogen and oxygen atoms in total. The molecule has 0 amide bonds. The number of rotatable bonds is 3. The van der Waals surface area contributed by atoms with E-state index in [1.54, 1.807) is 18.2 Å². The number of nitro benzene ring substituents is 1. The first-order chi connectivity index (χ1) is 14.9. The van der Waals surface area contributed by atoms with Gasteiger partial charge in [0, 0.05) is 41.9 Å². The van der Waals surface area contributed by atoms with Gasteiger partial charge < -0.3 is 10.2 Å². The largest absolute Gasteiger partial charge is 0.364 e. The van der Waals surface area contributed by atoms with Gasteiger partial charge in [0.05, 0.1) is 15.5 Å². The van der Waals surface area contributed by atoms with E-state index in [-0.39, 0.29) is 45.4 Å². The molecule has 2 aromatic carbocycles. The molecular formula is C21H14N4O6. The fraction of sp³-hybridized carbons (Fsp3) is 0.143. The van der Waals surface area contributed by atoms with Crippen molar-refractivity contribution in [3.63, 3.8) is 0 Å². The number of carbonyl (C=O) groups excluding carboxylic acids is 2. The maximum atomic E-state index is 13.5. The van der Waals surface area contributed by atoms with Crippen LogP contribution in [0.2, 0.25) is 0 Å². The highest BCUT2D eigenvalue weighted by atomic mass is 16.6. The molecule has 3 aliphatic rings. The van der Waals surface area contributed by atoms with Gasteiger partial charge in [0.2, 0.25) is 5.78 Å². The molecule has 0 radical (unpaired) electrons. The summed E-state index contributed by atoms with van der Waals surface area (Å²) in [4.78, 5) is 50.4. The molecule has 0 bridgehead atoms. The molecule has 1 fully saturated rings. The van der Waals surface area contributed by atoms with Crippen molar-refractivity contribution in [1.29, 1.82) is 0 Å². The number of nitrogens with zero attached hydrogens (tertiary/aromatic N) is 3. The van der Waals surface area contributed by atoms with Crippen molar-refractivity contribution < 1.29 is 19.4 Å². The van der Waals surface area contributed by atoms with Gasteiger partial charge in [0.15, 0.2) is 11.6 Å². The quantitative estimate of drug-likeness (QED) is 0.593. The number of nitro groups is 2. The molecule has 0 spiro atoms. The van der Waals surface area contributed by atoms with E-state index in [1.807, 2.05) is 0 Å². The van der Waals surface area contributed by atoms with Gasteiger partial charge >= 0.3 is 0 Å². The van der Waals surface area contributed by atoms with Gasteiger partial charge in [-0.3, -0.25) is 29.8 Å². The third-order valence-corrected chi connectivity index (χ3v) is 5.74. The molecule has 1 atom stereocenters. The molecule has 5 rings (SSSR count). The first-order valence-electron chi connectivity index (χ1n) is 9.47. The van der Waals surface area contributed by atoms with Gasteiger partial charge in [0.25, 0.3) is 11.4 Å². The SMILES string of the molecule is O=C1C2=C(C(=O)c3ccccc31)N1CCNC1=C([N+](=O)[O-])C2c1ccc([N+](=O)[O-])cc1. The summed E-state index contributed by atoms with van der Waals surface area (Å²) in [6.07, 6.45) is 0. The fourth-order valence-electron chi connectivity index (χ4n) is 4.44. The number of carbonyl (C=O) groups is 2. The van der Waals surface area contributed by atoms with Crippen LogP contribution in [-0.4, -0.2) is 39.4 Å². The first-order valence-corrected chi connectivity index (χ1v) is 9.47. The number of non-ortho nitro benzene ring substituents is 1. The number of nitrogens with one attached hydrogen (secondary N) is 1. The van der Waals surface area contributed by atoms with Gasteiger partial charge in [-0.2, -0.15) is 0 Å². The smallest absolute Gasteiger partial charge is 0.298 e. The summed E-state index contributed by atoms with van der Waals surface area (Å²) in [6.45, 7) is 0.680. The van der Waals surface area contributed by atoms with Crippen LogP contribution in [0.1, 0.15) is 32.2 Å². The van der Waals surface area contributed by atoms with Crippen LogP contribution in [0.3, 0.4) is 0 Å².